The molecule has 2 aromatic carbocycles. The van der Waals surface area contributed by atoms with Gasteiger partial charge in [0.15, 0.2) is 0 Å². The molecule has 2 N–H and O–H groups in total. The molecular weight excluding hydrogens is 224 g/mol. The fourth-order valence-corrected chi connectivity index (χ4v) is 2.18. The summed E-state index contributed by atoms with van der Waals surface area (Å²) in [6, 6.07) is 17.2. The number of nitrogens with zero attached hydrogens (tertiary/aromatic N) is 1. The molecule has 0 spiro atoms. The number of fused-ring (bicyclic) bond motifs is 1. The van der Waals surface area contributed by atoms with Gasteiger partial charge in [-0.15, -0.1) is 0 Å². The monoisotopic (exact) mass is 238 g/mol. The van der Waals surface area contributed by atoms with Crippen molar-refractivity contribution < 1.29 is 5.11 Å². The standard InChI is InChI=1S/C15H14N2O/c1-11-15(18,12-7-3-2-4-8-12)17-14-10-6-5-9-13(14)16-11/h2-10,17-18H,1H3. The minimum atomic E-state index is -1.23. The van der Waals surface area contributed by atoms with Crippen LogP contribution in [0.15, 0.2) is 59.6 Å². The minimum absolute atomic E-state index is 0.646. The van der Waals surface area contributed by atoms with Crippen molar-refractivity contribution in [2.45, 2.75) is 12.6 Å². The number of benzene rings is 2. The van der Waals surface area contributed by atoms with Crippen LogP contribution < -0.4 is 5.32 Å². The van der Waals surface area contributed by atoms with E-state index in [0.29, 0.717) is 5.71 Å². The fourth-order valence-electron chi connectivity index (χ4n) is 2.18. The minimum Gasteiger partial charge on any atom is -0.362 e. The maximum Gasteiger partial charge on any atom is 0.202 e. The van der Waals surface area contributed by atoms with Crippen LogP contribution in [0.1, 0.15) is 12.5 Å². The Morgan fingerprint density at radius 1 is 1.00 bits per heavy atom. The summed E-state index contributed by atoms with van der Waals surface area (Å²) in [5.41, 5.74) is 1.91. The molecule has 0 fully saturated rings. The summed E-state index contributed by atoms with van der Waals surface area (Å²) in [7, 11) is 0. The first-order valence-electron chi connectivity index (χ1n) is 5.91. The molecule has 0 bridgehead atoms. The van der Waals surface area contributed by atoms with Gasteiger partial charge in [0.25, 0.3) is 0 Å². The second-order valence-corrected chi connectivity index (χ2v) is 4.42. The third-order valence-electron chi connectivity index (χ3n) is 3.22. The van der Waals surface area contributed by atoms with Crippen LogP contribution in [-0.4, -0.2) is 10.8 Å². The first kappa shape index (κ1) is 11.0. The van der Waals surface area contributed by atoms with E-state index >= 15 is 0 Å². The molecule has 0 saturated carbocycles. The smallest absolute Gasteiger partial charge is 0.202 e. The van der Waals surface area contributed by atoms with Crippen LogP contribution in [0.3, 0.4) is 0 Å². The van der Waals surface area contributed by atoms with Gasteiger partial charge in [-0.25, -0.2) is 0 Å². The zero-order valence-electron chi connectivity index (χ0n) is 10.1. The topological polar surface area (TPSA) is 44.6 Å². The zero-order chi connectivity index (χ0) is 12.6. The molecule has 0 aromatic heterocycles. The predicted octanol–water partition coefficient (Wildman–Crippen LogP) is 3.05. The van der Waals surface area contributed by atoms with Gasteiger partial charge in [-0.3, -0.25) is 4.99 Å². The summed E-state index contributed by atoms with van der Waals surface area (Å²) in [6.45, 7) is 1.83. The van der Waals surface area contributed by atoms with Crippen molar-refractivity contribution in [3.8, 4) is 0 Å². The summed E-state index contributed by atoms with van der Waals surface area (Å²) in [4.78, 5) is 4.48. The van der Waals surface area contributed by atoms with Crippen molar-refractivity contribution >= 4 is 17.1 Å². The molecule has 90 valence electrons. The molecule has 1 unspecified atom stereocenters. The van der Waals surface area contributed by atoms with Crippen molar-refractivity contribution in [3.63, 3.8) is 0 Å². The summed E-state index contributed by atoms with van der Waals surface area (Å²) >= 11 is 0. The Labute approximate surface area is 106 Å². The third kappa shape index (κ3) is 1.60. The lowest BCUT2D eigenvalue weighted by Gasteiger charge is -2.34. The van der Waals surface area contributed by atoms with Gasteiger partial charge in [0, 0.05) is 5.56 Å². The van der Waals surface area contributed by atoms with Gasteiger partial charge >= 0.3 is 0 Å². The van der Waals surface area contributed by atoms with Crippen LogP contribution in [0, 0.1) is 0 Å². The molecule has 0 amide bonds. The normalized spacial score (nSPS) is 21.8. The van der Waals surface area contributed by atoms with E-state index in [1.165, 1.54) is 0 Å². The van der Waals surface area contributed by atoms with Crippen molar-refractivity contribution in [1.82, 2.24) is 0 Å². The van der Waals surface area contributed by atoms with Crippen LogP contribution in [0.5, 0.6) is 0 Å². The second-order valence-electron chi connectivity index (χ2n) is 4.42. The van der Waals surface area contributed by atoms with Crippen LogP contribution in [0.2, 0.25) is 0 Å². The Kier molecular flexibility index (Phi) is 2.42. The first-order valence-corrected chi connectivity index (χ1v) is 5.91. The highest BCUT2D eigenvalue weighted by Gasteiger charge is 2.35. The highest BCUT2D eigenvalue weighted by Crippen LogP contribution is 2.36. The largest absolute Gasteiger partial charge is 0.362 e. The number of hydrogen-bond donors (Lipinski definition) is 2. The number of aliphatic hydroxyl groups is 1. The number of anilines is 1. The summed E-state index contributed by atoms with van der Waals surface area (Å²) in [5.74, 6) is 0. The Bertz CT molecular complexity index is 607. The SMILES string of the molecule is CC1=Nc2ccccc2NC1(O)c1ccccc1. The number of para-hydroxylation sites is 2. The first-order chi connectivity index (χ1) is 8.70. The molecule has 1 aliphatic heterocycles. The predicted molar refractivity (Wildman–Crippen MR) is 73.2 cm³/mol. The van der Waals surface area contributed by atoms with E-state index in [2.05, 4.69) is 10.3 Å². The summed E-state index contributed by atoms with van der Waals surface area (Å²) in [6.07, 6.45) is 0. The highest BCUT2D eigenvalue weighted by atomic mass is 16.3. The van der Waals surface area contributed by atoms with Crippen LogP contribution in [-0.2, 0) is 5.72 Å². The van der Waals surface area contributed by atoms with E-state index in [0.717, 1.165) is 16.9 Å². The Morgan fingerprint density at radius 2 is 1.67 bits per heavy atom. The molecule has 2 aromatic rings. The Balaban J connectivity index is 2.12. The highest BCUT2D eigenvalue weighted by molar-refractivity contribution is 5.99. The van der Waals surface area contributed by atoms with Gasteiger partial charge < -0.3 is 10.4 Å². The molecule has 0 aliphatic carbocycles. The van der Waals surface area contributed by atoms with Gasteiger partial charge in [0.1, 0.15) is 0 Å². The van der Waals surface area contributed by atoms with Crippen molar-refractivity contribution in [3.05, 3.63) is 60.2 Å². The van der Waals surface area contributed by atoms with Gasteiger partial charge in [0.05, 0.1) is 17.1 Å². The van der Waals surface area contributed by atoms with E-state index < -0.39 is 5.72 Å². The van der Waals surface area contributed by atoms with Crippen molar-refractivity contribution in [2.24, 2.45) is 4.99 Å². The maximum atomic E-state index is 10.8. The third-order valence-corrected chi connectivity index (χ3v) is 3.22. The lowest BCUT2D eigenvalue weighted by Crippen LogP contribution is -2.43. The average Bonchev–Trinajstić information content (AvgIpc) is 2.41. The molecule has 3 nitrogen and oxygen atoms in total. The van der Waals surface area contributed by atoms with Crippen molar-refractivity contribution in [2.75, 3.05) is 5.32 Å². The van der Waals surface area contributed by atoms with E-state index in [4.69, 9.17) is 0 Å². The van der Waals surface area contributed by atoms with Crippen LogP contribution in [0.4, 0.5) is 11.4 Å². The molecule has 3 rings (SSSR count). The molecule has 0 radical (unpaired) electrons. The Hall–Kier alpha value is -2.13. The summed E-state index contributed by atoms with van der Waals surface area (Å²) < 4.78 is 0. The molecular formula is C15H14N2O. The molecule has 0 saturated heterocycles. The van der Waals surface area contributed by atoms with Crippen LogP contribution >= 0.6 is 0 Å². The Morgan fingerprint density at radius 3 is 2.44 bits per heavy atom. The quantitative estimate of drug-likeness (QED) is 0.802. The lowest BCUT2D eigenvalue weighted by atomic mass is 9.96. The van der Waals surface area contributed by atoms with E-state index in [1.54, 1.807) is 0 Å². The number of nitrogens with one attached hydrogen (secondary N) is 1. The lowest BCUT2D eigenvalue weighted by molar-refractivity contribution is 0.141. The second kappa shape index (κ2) is 3.96. The number of hydrogen-bond acceptors (Lipinski definition) is 3. The fraction of sp³-hybridized carbons (Fsp3) is 0.133. The molecule has 1 atom stereocenters. The van der Waals surface area contributed by atoms with Gasteiger partial charge in [-0.05, 0) is 19.1 Å². The maximum absolute atomic E-state index is 10.8. The molecule has 1 heterocycles. The average molecular weight is 238 g/mol. The van der Waals surface area contributed by atoms with E-state index in [-0.39, 0.29) is 0 Å². The van der Waals surface area contributed by atoms with Crippen LogP contribution in [0.25, 0.3) is 0 Å². The summed E-state index contributed by atoms with van der Waals surface area (Å²) in [5, 5.41) is 14.0. The van der Waals surface area contributed by atoms with Crippen molar-refractivity contribution in [1.29, 1.82) is 0 Å². The van der Waals surface area contributed by atoms with Gasteiger partial charge in [-0.2, -0.15) is 0 Å². The van der Waals surface area contributed by atoms with E-state index in [9.17, 15) is 5.11 Å². The molecule has 3 heteroatoms. The number of aliphatic imine (C=N–C) groups is 1. The number of rotatable bonds is 1. The zero-order valence-corrected chi connectivity index (χ0v) is 10.1. The van der Waals surface area contributed by atoms with Gasteiger partial charge in [0.2, 0.25) is 5.72 Å². The molecule has 1 aliphatic rings. The van der Waals surface area contributed by atoms with Gasteiger partial charge in [-0.1, -0.05) is 42.5 Å². The molecule has 18 heavy (non-hydrogen) atoms. The van der Waals surface area contributed by atoms with E-state index in [1.807, 2.05) is 61.5 Å².